The highest BCUT2D eigenvalue weighted by molar-refractivity contribution is 6.32. The average molecular weight is 592 g/mol. The molecule has 3 aliphatic carbocycles. The molecular weight excluding hydrogens is 558 g/mol. The zero-order valence-corrected chi connectivity index (χ0v) is 24.4. The molecule has 0 heterocycles. The lowest BCUT2D eigenvalue weighted by Crippen LogP contribution is -2.74. The maximum absolute atomic E-state index is 14.2. The van der Waals surface area contributed by atoms with Crippen molar-refractivity contribution in [2.24, 2.45) is 29.4 Å². The number of fused-ring (bicyclic) bond motifs is 3. The molecule has 0 aromatic heterocycles. The van der Waals surface area contributed by atoms with Crippen molar-refractivity contribution in [1.82, 2.24) is 4.90 Å². The summed E-state index contributed by atoms with van der Waals surface area (Å²) in [7, 11) is 7.87. The summed E-state index contributed by atoms with van der Waals surface area (Å²) in [4.78, 5) is 82.3. The van der Waals surface area contributed by atoms with Crippen LogP contribution < -0.4 is 10.6 Å². The van der Waals surface area contributed by atoms with Crippen LogP contribution in [0.2, 0.25) is 0 Å². The number of ether oxygens (including phenoxy) is 1. The van der Waals surface area contributed by atoms with Gasteiger partial charge in [-0.3, -0.25) is 28.9 Å². The van der Waals surface area contributed by atoms with Crippen LogP contribution in [-0.2, 0) is 30.3 Å². The number of hydrogen-bond acceptors (Lipinski definition) is 11. The Labute approximate surface area is 247 Å². The van der Waals surface area contributed by atoms with Gasteiger partial charge in [0.2, 0.25) is 5.91 Å². The van der Waals surface area contributed by atoms with Gasteiger partial charge < -0.3 is 25.6 Å². The Bertz CT molecular complexity index is 1600. The van der Waals surface area contributed by atoms with E-state index >= 15 is 0 Å². The molecule has 0 aliphatic heterocycles. The highest BCUT2D eigenvalue weighted by Crippen LogP contribution is 2.53. The highest BCUT2D eigenvalue weighted by atomic mass is 16.5. The van der Waals surface area contributed by atoms with E-state index in [9.17, 15) is 39.0 Å². The van der Waals surface area contributed by atoms with E-state index < -0.39 is 70.3 Å². The minimum atomic E-state index is -2.79. The van der Waals surface area contributed by atoms with Crippen molar-refractivity contribution in [1.29, 1.82) is 0 Å². The number of likely N-dealkylation sites (N-methyl/N-ethyl adjacent to an activating group) is 1. The van der Waals surface area contributed by atoms with Gasteiger partial charge in [-0.05, 0) is 62.2 Å². The maximum Gasteiger partial charge on any atom is 0.337 e. The van der Waals surface area contributed by atoms with Crippen molar-refractivity contribution in [3.8, 4) is 16.9 Å². The van der Waals surface area contributed by atoms with E-state index in [1.54, 1.807) is 37.2 Å². The van der Waals surface area contributed by atoms with Crippen LogP contribution in [0.15, 0.2) is 30.3 Å². The number of anilines is 1. The minimum Gasteiger partial charge on any atom is -0.507 e. The number of primary amides is 1. The standard InChI is InChI=1S/C31H33N3O9/c1-33(2)19-12-16(13-6-8-14(9-7-13)30(41)43-5)24(35)21-17(19)10-15-11-18-23(34(3)4)26(37)22(29(32)40)28(39)31(18,42)27(38)20(15)25(21)36/h6-9,12,15,18,20,22-23,35,42H,10-11H2,1-5H3,(H2,32,40)/t15-,18-,20?,22?,23-,31-/m0/s1. The number of methoxy groups -OCH3 is 1. The number of esters is 1. The number of nitrogens with two attached hydrogens (primary N) is 1. The molecule has 3 aliphatic rings. The normalized spacial score (nSPS) is 28.2. The Kier molecular flexibility index (Phi) is 7.26. The fourth-order valence-corrected chi connectivity index (χ4v) is 7.17. The number of ketones is 4. The lowest BCUT2D eigenvalue weighted by atomic mass is 9.52. The molecule has 12 nitrogen and oxygen atoms in total. The second kappa shape index (κ2) is 10.4. The number of phenolic OH excluding ortho intramolecular Hbond substituents is 1. The zero-order chi connectivity index (χ0) is 31.7. The van der Waals surface area contributed by atoms with Gasteiger partial charge in [0.15, 0.2) is 34.7 Å². The van der Waals surface area contributed by atoms with Crippen molar-refractivity contribution in [3.63, 3.8) is 0 Å². The van der Waals surface area contributed by atoms with Gasteiger partial charge in [0.25, 0.3) is 0 Å². The third kappa shape index (κ3) is 4.27. The number of hydrogen-bond donors (Lipinski definition) is 3. The summed E-state index contributed by atoms with van der Waals surface area (Å²) in [6, 6.07) is 6.75. The van der Waals surface area contributed by atoms with Gasteiger partial charge in [-0.15, -0.1) is 0 Å². The first kappa shape index (κ1) is 30.1. The third-order valence-corrected chi connectivity index (χ3v) is 9.14. The van der Waals surface area contributed by atoms with Gasteiger partial charge in [-0.25, -0.2) is 4.79 Å². The molecule has 6 atom stereocenters. The maximum atomic E-state index is 14.2. The number of aliphatic hydroxyl groups is 1. The molecule has 2 fully saturated rings. The largest absolute Gasteiger partial charge is 0.507 e. The first-order chi connectivity index (χ1) is 20.2. The number of phenols is 1. The molecule has 2 aromatic rings. The predicted molar refractivity (Wildman–Crippen MR) is 152 cm³/mol. The summed E-state index contributed by atoms with van der Waals surface area (Å²) in [5.74, 6) is -11.6. The number of Topliss-reactive ketones (excluding diaryl/α,β-unsaturated/α-hetero) is 4. The van der Waals surface area contributed by atoms with E-state index in [1.165, 1.54) is 38.2 Å². The van der Waals surface area contributed by atoms with Crippen molar-refractivity contribution in [3.05, 3.63) is 47.0 Å². The molecule has 0 bridgehead atoms. The molecule has 2 unspecified atom stereocenters. The van der Waals surface area contributed by atoms with Crippen LogP contribution in [0.1, 0.15) is 32.7 Å². The van der Waals surface area contributed by atoms with Crippen LogP contribution >= 0.6 is 0 Å². The van der Waals surface area contributed by atoms with Gasteiger partial charge in [-0.1, -0.05) is 12.1 Å². The number of amides is 1. The van der Waals surface area contributed by atoms with Crippen molar-refractivity contribution >= 4 is 40.7 Å². The topological polar surface area (TPSA) is 185 Å². The number of rotatable bonds is 5. The lowest BCUT2D eigenvalue weighted by molar-refractivity contribution is -0.181. The number of aromatic hydroxyl groups is 1. The van der Waals surface area contributed by atoms with E-state index in [1.807, 2.05) is 0 Å². The average Bonchev–Trinajstić information content (AvgIpc) is 2.94. The van der Waals surface area contributed by atoms with Crippen LogP contribution in [0, 0.1) is 23.7 Å². The monoisotopic (exact) mass is 591 g/mol. The molecule has 5 rings (SSSR count). The first-order valence-electron chi connectivity index (χ1n) is 13.8. The van der Waals surface area contributed by atoms with Crippen LogP contribution in [-0.4, -0.2) is 97.1 Å². The molecule has 0 saturated heterocycles. The van der Waals surface area contributed by atoms with Gasteiger partial charge in [0, 0.05) is 31.3 Å². The first-order valence-corrected chi connectivity index (χ1v) is 13.8. The molecule has 0 radical (unpaired) electrons. The van der Waals surface area contributed by atoms with Crippen molar-refractivity contribution < 1.29 is 43.7 Å². The van der Waals surface area contributed by atoms with Gasteiger partial charge in [-0.2, -0.15) is 0 Å². The Morgan fingerprint density at radius 3 is 2.19 bits per heavy atom. The Morgan fingerprint density at radius 1 is 1.02 bits per heavy atom. The van der Waals surface area contributed by atoms with E-state index in [2.05, 4.69) is 0 Å². The molecule has 226 valence electrons. The second-order valence-electron chi connectivity index (χ2n) is 11.9. The Morgan fingerprint density at radius 2 is 1.65 bits per heavy atom. The number of nitrogens with zero attached hydrogens (tertiary/aromatic N) is 2. The number of benzene rings is 2. The number of carbonyl (C=O) groups is 6. The van der Waals surface area contributed by atoms with E-state index in [0.717, 1.165) is 0 Å². The number of carbonyl (C=O) groups excluding carboxylic acids is 6. The molecule has 43 heavy (non-hydrogen) atoms. The quantitative estimate of drug-likeness (QED) is 0.323. The molecular formula is C31H33N3O9. The third-order valence-electron chi connectivity index (χ3n) is 9.14. The summed E-state index contributed by atoms with van der Waals surface area (Å²) in [5.41, 5.74) is 4.61. The molecule has 4 N–H and O–H groups in total. The highest BCUT2D eigenvalue weighted by Gasteiger charge is 2.69. The van der Waals surface area contributed by atoms with Crippen LogP contribution in [0.3, 0.4) is 0 Å². The Hall–Kier alpha value is -4.42. The molecule has 2 aromatic carbocycles. The van der Waals surface area contributed by atoms with Crippen molar-refractivity contribution in [2.45, 2.75) is 24.5 Å². The fraction of sp³-hybridized carbons (Fsp3) is 0.419. The summed E-state index contributed by atoms with van der Waals surface area (Å²) >= 11 is 0. The predicted octanol–water partition coefficient (Wildman–Crippen LogP) is 0.387. The minimum absolute atomic E-state index is 0.0335. The summed E-state index contributed by atoms with van der Waals surface area (Å²) in [5, 5.41) is 23.3. The Balaban J connectivity index is 1.66. The fourth-order valence-electron chi connectivity index (χ4n) is 7.17. The molecule has 12 heteroatoms. The van der Waals surface area contributed by atoms with E-state index in [-0.39, 0.29) is 35.3 Å². The zero-order valence-electron chi connectivity index (χ0n) is 24.4. The smallest absolute Gasteiger partial charge is 0.337 e. The second-order valence-corrected chi connectivity index (χ2v) is 11.9. The van der Waals surface area contributed by atoms with Gasteiger partial charge in [0.05, 0.1) is 30.2 Å². The molecule has 1 amide bonds. The van der Waals surface area contributed by atoms with Crippen molar-refractivity contribution in [2.75, 3.05) is 40.2 Å². The summed E-state index contributed by atoms with van der Waals surface area (Å²) < 4.78 is 4.74. The van der Waals surface area contributed by atoms with Crippen LogP contribution in [0.25, 0.3) is 11.1 Å². The van der Waals surface area contributed by atoms with E-state index in [0.29, 0.717) is 16.8 Å². The lowest BCUT2D eigenvalue weighted by Gasteiger charge is -2.52. The molecule has 0 spiro atoms. The van der Waals surface area contributed by atoms with Gasteiger partial charge in [0.1, 0.15) is 5.75 Å². The summed E-state index contributed by atoms with van der Waals surface area (Å²) in [6.07, 6.45) is 0.114. The van der Waals surface area contributed by atoms with E-state index in [4.69, 9.17) is 10.5 Å². The van der Waals surface area contributed by atoms with Gasteiger partial charge >= 0.3 is 5.97 Å². The van der Waals surface area contributed by atoms with Crippen LogP contribution in [0.5, 0.6) is 5.75 Å². The summed E-state index contributed by atoms with van der Waals surface area (Å²) in [6.45, 7) is 0. The SMILES string of the molecule is COC(=O)c1ccc(-c2cc(N(C)C)c3c(c2O)C(=O)C2C(=O)[C@]4(O)C(=O)C(C(N)=O)C(=O)[C@@H](N(C)C)[C@@H]4C[C@@H]2C3)cc1. The van der Waals surface area contributed by atoms with Crippen LogP contribution in [0.4, 0.5) is 5.69 Å². The molecule has 2 saturated carbocycles.